The predicted octanol–water partition coefficient (Wildman–Crippen LogP) is 2.49. The van der Waals surface area contributed by atoms with Crippen molar-refractivity contribution in [3.63, 3.8) is 0 Å². The Bertz CT molecular complexity index is 496. The summed E-state index contributed by atoms with van der Waals surface area (Å²) in [5.41, 5.74) is 1.61. The molecule has 0 saturated carbocycles. The van der Waals surface area contributed by atoms with E-state index < -0.39 is 5.60 Å². The molecule has 0 spiro atoms. The molecule has 1 amide bonds. The van der Waals surface area contributed by atoms with Gasteiger partial charge < -0.3 is 10.0 Å². The summed E-state index contributed by atoms with van der Waals surface area (Å²) in [6, 6.07) is 8.18. The van der Waals surface area contributed by atoms with E-state index in [1.807, 2.05) is 32.1 Å². The lowest BCUT2D eigenvalue weighted by Crippen LogP contribution is -2.65. The minimum absolute atomic E-state index is 0.0325. The Morgan fingerprint density at radius 1 is 1.35 bits per heavy atom. The molecule has 1 aromatic carbocycles. The van der Waals surface area contributed by atoms with Gasteiger partial charge in [-0.05, 0) is 29.5 Å². The number of hydrogen-bond donors (Lipinski definition) is 1. The second-order valence-corrected chi connectivity index (χ2v) is 5.88. The molecule has 2 rings (SSSR count). The zero-order valence-corrected chi connectivity index (χ0v) is 12.5. The molecule has 108 valence electrons. The van der Waals surface area contributed by atoms with Crippen LogP contribution in [0.15, 0.2) is 30.3 Å². The monoisotopic (exact) mass is 273 g/mol. The molecular formula is C17H23NO2. The Kier molecular flexibility index (Phi) is 4.29. The first-order chi connectivity index (χ1) is 9.44. The van der Waals surface area contributed by atoms with Crippen molar-refractivity contribution in [1.29, 1.82) is 0 Å². The summed E-state index contributed by atoms with van der Waals surface area (Å²) in [5.74, 6) is 0.145. The molecule has 1 N–H and O–H groups in total. The second-order valence-electron chi connectivity index (χ2n) is 5.88. The summed E-state index contributed by atoms with van der Waals surface area (Å²) in [4.78, 5) is 13.6. The highest BCUT2D eigenvalue weighted by Crippen LogP contribution is 2.28. The number of aliphatic hydroxyl groups is 1. The normalized spacial score (nSPS) is 17.6. The molecule has 0 bridgehead atoms. The third-order valence-corrected chi connectivity index (χ3v) is 4.12. The molecule has 0 radical (unpaired) electrons. The lowest BCUT2D eigenvalue weighted by molar-refractivity contribution is -0.158. The second kappa shape index (κ2) is 5.80. The van der Waals surface area contributed by atoms with Crippen LogP contribution in [0.3, 0.4) is 0 Å². The number of β-amino-alcohol motifs (C(OH)–C–C–N with tert-alkyl or cyclic N) is 1. The van der Waals surface area contributed by atoms with E-state index >= 15 is 0 Å². The quantitative estimate of drug-likeness (QED) is 0.856. The molecule has 1 saturated heterocycles. The maximum Gasteiger partial charge on any atom is 0.246 e. The van der Waals surface area contributed by atoms with Crippen LogP contribution in [0.25, 0.3) is 6.08 Å². The molecule has 20 heavy (non-hydrogen) atoms. The van der Waals surface area contributed by atoms with Crippen LogP contribution in [-0.4, -0.2) is 34.6 Å². The van der Waals surface area contributed by atoms with E-state index in [1.54, 1.807) is 11.0 Å². The fourth-order valence-electron chi connectivity index (χ4n) is 2.27. The highest BCUT2D eigenvalue weighted by atomic mass is 16.3. The number of hydrogen-bond acceptors (Lipinski definition) is 2. The minimum atomic E-state index is -0.702. The summed E-state index contributed by atoms with van der Waals surface area (Å²) in [6.07, 6.45) is 4.43. The Balaban J connectivity index is 1.90. The van der Waals surface area contributed by atoms with Gasteiger partial charge in [0.05, 0.1) is 13.1 Å². The van der Waals surface area contributed by atoms with Crippen molar-refractivity contribution in [3.05, 3.63) is 41.5 Å². The van der Waals surface area contributed by atoms with Crippen molar-refractivity contribution < 1.29 is 9.90 Å². The maximum atomic E-state index is 12.0. The van der Waals surface area contributed by atoms with Gasteiger partial charge in [-0.15, -0.1) is 0 Å². The van der Waals surface area contributed by atoms with Crippen molar-refractivity contribution in [2.45, 2.75) is 32.8 Å². The number of likely N-dealkylation sites (tertiary alicyclic amines) is 1. The molecule has 1 aromatic rings. The van der Waals surface area contributed by atoms with Gasteiger partial charge >= 0.3 is 0 Å². The first-order valence-electron chi connectivity index (χ1n) is 7.23. The highest BCUT2D eigenvalue weighted by molar-refractivity contribution is 5.92. The Morgan fingerprint density at radius 2 is 1.95 bits per heavy atom. The largest absolute Gasteiger partial charge is 0.386 e. The number of carbonyl (C=O) groups is 1. The summed E-state index contributed by atoms with van der Waals surface area (Å²) in [5, 5.41) is 10.1. The van der Waals surface area contributed by atoms with Gasteiger partial charge in [-0.25, -0.2) is 0 Å². The van der Waals surface area contributed by atoms with E-state index in [9.17, 15) is 9.90 Å². The van der Waals surface area contributed by atoms with Crippen LogP contribution in [-0.2, 0) is 11.2 Å². The van der Waals surface area contributed by atoms with Crippen molar-refractivity contribution in [2.24, 2.45) is 5.92 Å². The van der Waals surface area contributed by atoms with Gasteiger partial charge in [-0.3, -0.25) is 4.79 Å². The van der Waals surface area contributed by atoms with Crippen molar-refractivity contribution >= 4 is 12.0 Å². The van der Waals surface area contributed by atoms with Gasteiger partial charge in [0.2, 0.25) is 5.91 Å². The zero-order valence-electron chi connectivity index (χ0n) is 12.5. The van der Waals surface area contributed by atoms with Gasteiger partial charge in [-0.1, -0.05) is 45.0 Å². The third kappa shape index (κ3) is 3.10. The van der Waals surface area contributed by atoms with Gasteiger partial charge in [-0.2, -0.15) is 0 Å². The molecule has 0 aromatic heterocycles. The van der Waals surface area contributed by atoms with Gasteiger partial charge in [0, 0.05) is 6.08 Å². The average Bonchev–Trinajstić information content (AvgIpc) is 2.41. The topological polar surface area (TPSA) is 40.5 Å². The van der Waals surface area contributed by atoms with E-state index in [1.165, 1.54) is 5.56 Å². The maximum absolute atomic E-state index is 12.0. The highest BCUT2D eigenvalue weighted by Gasteiger charge is 2.45. The number of aryl methyl sites for hydroxylation is 1. The standard InChI is InChI=1S/C17H23NO2/c1-4-14-5-7-15(8-6-14)9-10-16(19)18-11-17(20,12-18)13(2)3/h5-10,13,20H,4,11-12H2,1-3H3. The van der Waals surface area contributed by atoms with Crippen molar-refractivity contribution in [1.82, 2.24) is 4.90 Å². The summed E-state index contributed by atoms with van der Waals surface area (Å²) in [6.45, 7) is 6.94. The van der Waals surface area contributed by atoms with E-state index in [0.717, 1.165) is 12.0 Å². The van der Waals surface area contributed by atoms with Crippen LogP contribution >= 0.6 is 0 Å². The number of rotatable bonds is 4. The lowest BCUT2D eigenvalue weighted by atomic mass is 9.83. The first-order valence-corrected chi connectivity index (χ1v) is 7.23. The van der Waals surface area contributed by atoms with Gasteiger partial charge in [0.1, 0.15) is 5.60 Å². The van der Waals surface area contributed by atoms with Gasteiger partial charge in [0.15, 0.2) is 0 Å². The van der Waals surface area contributed by atoms with Crippen LogP contribution in [0.1, 0.15) is 31.9 Å². The number of benzene rings is 1. The van der Waals surface area contributed by atoms with Crippen LogP contribution in [0.5, 0.6) is 0 Å². The van der Waals surface area contributed by atoms with E-state index in [0.29, 0.717) is 13.1 Å². The molecule has 3 heteroatoms. The van der Waals surface area contributed by atoms with Crippen LogP contribution in [0, 0.1) is 5.92 Å². The lowest BCUT2D eigenvalue weighted by Gasteiger charge is -2.48. The van der Waals surface area contributed by atoms with E-state index in [2.05, 4.69) is 19.1 Å². The fraction of sp³-hybridized carbons (Fsp3) is 0.471. The average molecular weight is 273 g/mol. The Morgan fingerprint density at radius 3 is 2.45 bits per heavy atom. The molecule has 3 nitrogen and oxygen atoms in total. The SMILES string of the molecule is CCc1ccc(C=CC(=O)N2CC(O)(C(C)C)C2)cc1. The summed E-state index contributed by atoms with van der Waals surface area (Å²) < 4.78 is 0. The molecular weight excluding hydrogens is 250 g/mol. The molecule has 1 fully saturated rings. The van der Waals surface area contributed by atoms with Crippen molar-refractivity contribution in [3.8, 4) is 0 Å². The fourth-order valence-corrected chi connectivity index (χ4v) is 2.27. The van der Waals surface area contributed by atoms with Crippen LogP contribution in [0.4, 0.5) is 0 Å². The minimum Gasteiger partial charge on any atom is -0.386 e. The molecule has 1 aliphatic rings. The molecule has 1 heterocycles. The predicted molar refractivity (Wildman–Crippen MR) is 81.2 cm³/mol. The first kappa shape index (κ1) is 14.8. The zero-order chi connectivity index (χ0) is 14.8. The summed E-state index contributed by atoms with van der Waals surface area (Å²) in [7, 11) is 0. The molecule has 0 atom stereocenters. The molecule has 1 aliphatic heterocycles. The number of amides is 1. The molecule has 0 aliphatic carbocycles. The third-order valence-electron chi connectivity index (χ3n) is 4.12. The van der Waals surface area contributed by atoms with Crippen LogP contribution in [0.2, 0.25) is 0 Å². The van der Waals surface area contributed by atoms with E-state index in [-0.39, 0.29) is 11.8 Å². The smallest absolute Gasteiger partial charge is 0.246 e. The van der Waals surface area contributed by atoms with Crippen molar-refractivity contribution in [2.75, 3.05) is 13.1 Å². The number of nitrogens with zero attached hydrogens (tertiary/aromatic N) is 1. The van der Waals surface area contributed by atoms with Crippen LogP contribution < -0.4 is 0 Å². The Hall–Kier alpha value is -1.61. The van der Waals surface area contributed by atoms with E-state index in [4.69, 9.17) is 0 Å². The molecule has 0 unspecified atom stereocenters. The number of carbonyl (C=O) groups excluding carboxylic acids is 1. The summed E-state index contributed by atoms with van der Waals surface area (Å²) >= 11 is 0. The van der Waals surface area contributed by atoms with Gasteiger partial charge in [0.25, 0.3) is 0 Å². The Labute approximate surface area is 120 Å².